The number of ether oxygens (including phenoxy) is 1. The monoisotopic (exact) mass is 246 g/mol. The Morgan fingerprint density at radius 1 is 1.39 bits per heavy atom. The zero-order chi connectivity index (χ0) is 13.1. The number of carbonyl (C=O) groups is 1. The number of rotatable bonds is 6. The Morgan fingerprint density at radius 3 is 2.72 bits per heavy atom. The predicted molar refractivity (Wildman–Crippen MR) is 73.2 cm³/mol. The number of aryl methyl sites for hydroxylation is 1. The zero-order valence-electron chi connectivity index (χ0n) is 11.5. The van der Waals surface area contributed by atoms with E-state index in [-0.39, 0.29) is 5.92 Å². The fourth-order valence-corrected chi connectivity index (χ4v) is 2.15. The van der Waals surface area contributed by atoms with E-state index in [4.69, 9.17) is 4.74 Å². The molecule has 2 rings (SSSR count). The molecule has 1 unspecified atom stereocenters. The third kappa shape index (κ3) is 2.92. The first kappa shape index (κ1) is 13.1. The summed E-state index contributed by atoms with van der Waals surface area (Å²) in [5.41, 5.74) is 3.64. The van der Waals surface area contributed by atoms with E-state index in [0.717, 1.165) is 24.6 Å². The molecule has 0 spiro atoms. The van der Waals surface area contributed by atoms with E-state index in [9.17, 15) is 4.79 Å². The van der Waals surface area contributed by atoms with Crippen LogP contribution in [0.2, 0.25) is 0 Å². The first-order valence-corrected chi connectivity index (χ1v) is 6.80. The van der Waals surface area contributed by atoms with E-state index in [1.807, 2.05) is 0 Å². The molecule has 1 aromatic carbocycles. The highest BCUT2D eigenvalue weighted by Crippen LogP contribution is 2.36. The van der Waals surface area contributed by atoms with Crippen molar-refractivity contribution < 1.29 is 9.53 Å². The summed E-state index contributed by atoms with van der Waals surface area (Å²) in [6, 6.07) is 4.23. The van der Waals surface area contributed by atoms with E-state index < -0.39 is 0 Å². The third-order valence-electron chi connectivity index (χ3n) is 3.85. The van der Waals surface area contributed by atoms with Crippen LogP contribution in [0.5, 0.6) is 5.75 Å². The van der Waals surface area contributed by atoms with Crippen LogP contribution in [0, 0.1) is 19.8 Å². The number of aldehydes is 1. The average Bonchev–Trinajstić information content (AvgIpc) is 3.15. The molecule has 0 radical (unpaired) electrons. The second kappa shape index (κ2) is 5.55. The second-order valence-electron chi connectivity index (χ2n) is 5.48. The normalized spacial score (nSPS) is 16.4. The predicted octanol–water partition coefficient (Wildman–Crippen LogP) is 3.78. The first-order valence-electron chi connectivity index (χ1n) is 6.80. The summed E-state index contributed by atoms with van der Waals surface area (Å²) in [6.45, 7) is 7.12. The molecule has 0 saturated heterocycles. The molecule has 0 N–H and O–H groups in total. The number of carbonyl (C=O) groups excluding carboxylic acids is 1. The maximum Gasteiger partial charge on any atom is 0.125 e. The van der Waals surface area contributed by atoms with Crippen LogP contribution in [0.25, 0.3) is 0 Å². The maximum absolute atomic E-state index is 10.7. The Kier molecular flexibility index (Phi) is 4.05. The Morgan fingerprint density at radius 2 is 2.11 bits per heavy atom. The Balaban J connectivity index is 2.24. The molecule has 0 amide bonds. The van der Waals surface area contributed by atoms with E-state index >= 15 is 0 Å². The van der Waals surface area contributed by atoms with Crippen LogP contribution < -0.4 is 4.74 Å². The molecule has 0 heterocycles. The molecule has 2 heteroatoms. The Hall–Kier alpha value is -1.31. The summed E-state index contributed by atoms with van der Waals surface area (Å²) in [5.74, 6) is 1.99. The minimum absolute atomic E-state index is 0.232. The highest BCUT2D eigenvalue weighted by molar-refractivity contribution is 5.54. The van der Waals surface area contributed by atoms with Crippen molar-refractivity contribution in [3.05, 3.63) is 28.8 Å². The van der Waals surface area contributed by atoms with Crippen LogP contribution in [0.15, 0.2) is 12.1 Å². The summed E-state index contributed by atoms with van der Waals surface area (Å²) >= 11 is 0. The maximum atomic E-state index is 10.7. The van der Waals surface area contributed by atoms with Crippen molar-refractivity contribution >= 4 is 6.29 Å². The van der Waals surface area contributed by atoms with E-state index in [1.165, 1.54) is 29.5 Å². The Bertz CT molecular complexity index is 433. The number of benzene rings is 1. The van der Waals surface area contributed by atoms with Crippen molar-refractivity contribution in [2.24, 2.45) is 5.92 Å². The van der Waals surface area contributed by atoms with Crippen LogP contribution in [0.3, 0.4) is 0 Å². The summed E-state index contributed by atoms with van der Waals surface area (Å²) in [7, 11) is 0. The van der Waals surface area contributed by atoms with Crippen molar-refractivity contribution in [1.82, 2.24) is 0 Å². The van der Waals surface area contributed by atoms with Gasteiger partial charge in [-0.3, -0.25) is 0 Å². The van der Waals surface area contributed by atoms with Crippen LogP contribution in [-0.4, -0.2) is 12.9 Å². The SMILES string of the molecule is Cc1ccc(C(C)CC=O)c(OCC2CC2)c1C. The van der Waals surface area contributed by atoms with Crippen LogP contribution >= 0.6 is 0 Å². The minimum Gasteiger partial charge on any atom is -0.493 e. The molecule has 1 aliphatic carbocycles. The van der Waals surface area contributed by atoms with Gasteiger partial charge >= 0.3 is 0 Å². The van der Waals surface area contributed by atoms with Gasteiger partial charge in [0.15, 0.2) is 0 Å². The van der Waals surface area contributed by atoms with Gasteiger partial charge in [0.1, 0.15) is 12.0 Å². The van der Waals surface area contributed by atoms with Gasteiger partial charge in [0.25, 0.3) is 0 Å². The van der Waals surface area contributed by atoms with Crippen LogP contribution in [0.1, 0.15) is 48.8 Å². The molecule has 1 aromatic rings. The van der Waals surface area contributed by atoms with Gasteiger partial charge in [-0.05, 0) is 55.2 Å². The van der Waals surface area contributed by atoms with Gasteiger partial charge in [-0.2, -0.15) is 0 Å². The lowest BCUT2D eigenvalue weighted by Crippen LogP contribution is -2.06. The van der Waals surface area contributed by atoms with Crippen molar-refractivity contribution in [3.63, 3.8) is 0 Å². The smallest absolute Gasteiger partial charge is 0.125 e. The highest BCUT2D eigenvalue weighted by Gasteiger charge is 2.23. The summed E-state index contributed by atoms with van der Waals surface area (Å²) in [4.78, 5) is 10.7. The lowest BCUT2D eigenvalue weighted by molar-refractivity contribution is -0.108. The quantitative estimate of drug-likeness (QED) is 0.714. The average molecular weight is 246 g/mol. The molecule has 0 bridgehead atoms. The third-order valence-corrected chi connectivity index (χ3v) is 3.85. The Labute approximate surface area is 109 Å². The fourth-order valence-electron chi connectivity index (χ4n) is 2.15. The van der Waals surface area contributed by atoms with Gasteiger partial charge in [0.2, 0.25) is 0 Å². The second-order valence-corrected chi connectivity index (χ2v) is 5.48. The van der Waals surface area contributed by atoms with Gasteiger partial charge in [0, 0.05) is 6.42 Å². The van der Waals surface area contributed by atoms with Gasteiger partial charge in [0.05, 0.1) is 6.61 Å². The summed E-state index contributed by atoms with van der Waals surface area (Å²) in [5, 5.41) is 0. The lowest BCUT2D eigenvalue weighted by atomic mass is 9.93. The largest absolute Gasteiger partial charge is 0.493 e. The molecule has 98 valence electrons. The molecule has 0 aromatic heterocycles. The van der Waals surface area contributed by atoms with Crippen molar-refractivity contribution in [3.8, 4) is 5.75 Å². The molecule has 1 saturated carbocycles. The molecule has 1 fully saturated rings. The highest BCUT2D eigenvalue weighted by atomic mass is 16.5. The van der Waals surface area contributed by atoms with Gasteiger partial charge in [-0.25, -0.2) is 0 Å². The van der Waals surface area contributed by atoms with E-state index in [0.29, 0.717) is 6.42 Å². The molecular formula is C16H22O2. The van der Waals surface area contributed by atoms with Crippen molar-refractivity contribution in [1.29, 1.82) is 0 Å². The van der Waals surface area contributed by atoms with Crippen molar-refractivity contribution in [2.75, 3.05) is 6.61 Å². The van der Waals surface area contributed by atoms with E-state index in [1.54, 1.807) is 0 Å². The molecule has 0 aliphatic heterocycles. The molecule has 18 heavy (non-hydrogen) atoms. The summed E-state index contributed by atoms with van der Waals surface area (Å²) < 4.78 is 6.02. The molecule has 1 aliphatic rings. The lowest BCUT2D eigenvalue weighted by Gasteiger charge is -2.19. The van der Waals surface area contributed by atoms with Crippen molar-refractivity contribution in [2.45, 2.75) is 46.0 Å². The molecule has 1 atom stereocenters. The van der Waals surface area contributed by atoms with Gasteiger partial charge in [-0.15, -0.1) is 0 Å². The summed E-state index contributed by atoms with van der Waals surface area (Å²) in [6.07, 6.45) is 4.14. The number of hydrogen-bond acceptors (Lipinski definition) is 2. The standard InChI is InChI=1S/C16H22O2/c1-11-4-7-15(12(2)8-9-17)16(13(11)3)18-10-14-5-6-14/h4,7,9,12,14H,5-6,8,10H2,1-3H3. The van der Waals surface area contributed by atoms with Crippen LogP contribution in [-0.2, 0) is 4.79 Å². The van der Waals surface area contributed by atoms with Gasteiger partial charge < -0.3 is 9.53 Å². The molecular weight excluding hydrogens is 224 g/mol. The topological polar surface area (TPSA) is 26.3 Å². The first-order chi connectivity index (χ1) is 8.63. The van der Waals surface area contributed by atoms with Gasteiger partial charge in [-0.1, -0.05) is 19.1 Å². The fraction of sp³-hybridized carbons (Fsp3) is 0.562. The molecule has 2 nitrogen and oxygen atoms in total. The number of hydrogen-bond donors (Lipinski definition) is 0. The van der Waals surface area contributed by atoms with E-state index in [2.05, 4.69) is 32.9 Å². The minimum atomic E-state index is 0.232. The zero-order valence-corrected chi connectivity index (χ0v) is 11.5. The van der Waals surface area contributed by atoms with Crippen LogP contribution in [0.4, 0.5) is 0 Å².